The Balaban J connectivity index is 1.47. The van der Waals surface area contributed by atoms with Crippen molar-refractivity contribution in [3.8, 4) is 5.75 Å². The molecule has 1 aliphatic heterocycles. The van der Waals surface area contributed by atoms with E-state index in [9.17, 15) is 19.5 Å². The maximum atomic E-state index is 12.6. The number of para-hydroxylation sites is 1. The van der Waals surface area contributed by atoms with Crippen molar-refractivity contribution in [3.05, 3.63) is 69.0 Å². The Morgan fingerprint density at radius 3 is 2.68 bits per heavy atom. The molecule has 10 heteroatoms. The number of thioether (sulfide) groups is 1. The smallest absolute Gasteiger partial charge is 0.273 e. The molecule has 0 unspecified atom stereocenters. The van der Waals surface area contributed by atoms with Gasteiger partial charge in [-0.2, -0.15) is 0 Å². The van der Waals surface area contributed by atoms with E-state index in [2.05, 4.69) is 26.8 Å². The lowest BCUT2D eigenvalue weighted by atomic mass is 10.2. The number of rotatable bonds is 6. The highest BCUT2D eigenvalue weighted by atomic mass is 79.9. The van der Waals surface area contributed by atoms with Crippen molar-refractivity contribution in [1.82, 2.24) is 15.8 Å². The number of aromatic hydroxyl groups is 1. The molecule has 0 aliphatic carbocycles. The summed E-state index contributed by atoms with van der Waals surface area (Å²) in [5.74, 6) is -1.41. The van der Waals surface area contributed by atoms with Crippen LogP contribution in [-0.2, 0) is 9.59 Å². The van der Waals surface area contributed by atoms with Crippen molar-refractivity contribution in [2.75, 3.05) is 6.54 Å². The van der Waals surface area contributed by atoms with Crippen LogP contribution in [0.4, 0.5) is 0 Å². The topological polar surface area (TPSA) is 98.7 Å². The average Bonchev–Trinajstić information content (AvgIpc) is 2.99. The Kier molecular flexibility index (Phi) is 7.83. The highest BCUT2D eigenvalue weighted by Gasteiger charge is 2.31. The first-order chi connectivity index (χ1) is 14.8. The van der Waals surface area contributed by atoms with Crippen molar-refractivity contribution in [3.63, 3.8) is 0 Å². The number of nitrogens with one attached hydrogen (secondary N) is 2. The van der Waals surface area contributed by atoms with Gasteiger partial charge in [0.25, 0.3) is 11.8 Å². The molecule has 0 bridgehead atoms. The van der Waals surface area contributed by atoms with Crippen molar-refractivity contribution in [1.29, 1.82) is 0 Å². The predicted octanol–water partition coefficient (Wildman–Crippen LogP) is 3.60. The van der Waals surface area contributed by atoms with Gasteiger partial charge in [0.2, 0.25) is 5.91 Å². The number of hydrogen-bond acceptors (Lipinski definition) is 6. The van der Waals surface area contributed by atoms with E-state index in [0.717, 1.165) is 10.0 Å². The minimum Gasteiger partial charge on any atom is -0.507 e. The van der Waals surface area contributed by atoms with Gasteiger partial charge in [-0.25, -0.2) is 0 Å². The van der Waals surface area contributed by atoms with E-state index < -0.39 is 11.8 Å². The highest BCUT2D eigenvalue weighted by Crippen LogP contribution is 2.33. The van der Waals surface area contributed by atoms with Crippen LogP contribution in [0.5, 0.6) is 5.75 Å². The zero-order valence-corrected chi connectivity index (χ0v) is 19.4. The zero-order valence-electron chi connectivity index (χ0n) is 16.1. The van der Waals surface area contributed by atoms with Crippen molar-refractivity contribution < 1.29 is 19.5 Å². The van der Waals surface area contributed by atoms with Crippen LogP contribution in [0.25, 0.3) is 6.08 Å². The normalized spacial score (nSPS) is 14.7. The van der Waals surface area contributed by atoms with Gasteiger partial charge in [-0.1, -0.05) is 64.2 Å². The number of amides is 3. The van der Waals surface area contributed by atoms with E-state index in [1.165, 1.54) is 28.8 Å². The van der Waals surface area contributed by atoms with E-state index in [1.54, 1.807) is 18.2 Å². The molecule has 1 heterocycles. The first kappa shape index (κ1) is 23.0. The van der Waals surface area contributed by atoms with Gasteiger partial charge in [0, 0.05) is 17.4 Å². The third-order valence-corrected chi connectivity index (χ3v) is 6.14. The monoisotopic (exact) mass is 519 g/mol. The summed E-state index contributed by atoms with van der Waals surface area (Å²) in [5, 5.41) is 9.65. The Hall–Kier alpha value is -2.69. The predicted molar refractivity (Wildman–Crippen MR) is 127 cm³/mol. The largest absolute Gasteiger partial charge is 0.507 e. The minimum absolute atomic E-state index is 0.0533. The summed E-state index contributed by atoms with van der Waals surface area (Å²) >= 11 is 9.93. The molecular weight excluding hydrogens is 502 g/mol. The summed E-state index contributed by atoms with van der Waals surface area (Å²) < 4.78 is 1.36. The molecule has 0 atom stereocenters. The van der Waals surface area contributed by atoms with Crippen LogP contribution in [0.15, 0.2) is 57.9 Å². The van der Waals surface area contributed by atoms with Gasteiger partial charge in [0.1, 0.15) is 10.1 Å². The van der Waals surface area contributed by atoms with Gasteiger partial charge < -0.3 is 5.11 Å². The minimum atomic E-state index is -0.624. The highest BCUT2D eigenvalue weighted by molar-refractivity contribution is 9.10. The second-order valence-electron chi connectivity index (χ2n) is 6.51. The molecule has 2 aromatic carbocycles. The van der Waals surface area contributed by atoms with E-state index in [1.807, 2.05) is 24.3 Å². The Morgan fingerprint density at radius 2 is 1.94 bits per heavy atom. The van der Waals surface area contributed by atoms with Gasteiger partial charge in [-0.05, 0) is 42.3 Å². The van der Waals surface area contributed by atoms with Gasteiger partial charge >= 0.3 is 0 Å². The molecule has 31 heavy (non-hydrogen) atoms. The van der Waals surface area contributed by atoms with Gasteiger partial charge in [-0.15, -0.1) is 0 Å². The molecule has 0 aromatic heterocycles. The SMILES string of the molecule is O=C(CCCN1C(=O)/C(=C\c2cccc(Br)c2)SC1=S)NNC(=O)c1ccccc1O. The number of hydrazine groups is 1. The maximum Gasteiger partial charge on any atom is 0.273 e. The van der Waals surface area contributed by atoms with Crippen LogP contribution in [0.1, 0.15) is 28.8 Å². The number of carbonyl (C=O) groups excluding carboxylic acids is 3. The first-order valence-corrected chi connectivity index (χ1v) is 11.2. The fourth-order valence-corrected chi connectivity index (χ4v) is 4.49. The fourth-order valence-electron chi connectivity index (χ4n) is 2.76. The standard InChI is InChI=1S/C21H18BrN3O4S2/c22-14-6-3-5-13(11-14)12-17-20(29)25(21(30)31-17)10-4-9-18(27)23-24-19(28)15-7-1-2-8-16(15)26/h1-3,5-8,11-12,26H,4,9-10H2,(H,23,27)(H,24,28)/b17-12+. The summed E-state index contributed by atoms with van der Waals surface area (Å²) in [6, 6.07) is 13.6. The van der Waals surface area contributed by atoms with E-state index in [-0.39, 0.29) is 23.6 Å². The van der Waals surface area contributed by atoms with Crippen LogP contribution < -0.4 is 10.9 Å². The quantitative estimate of drug-likeness (QED) is 0.306. The number of phenols is 1. The maximum absolute atomic E-state index is 12.6. The Morgan fingerprint density at radius 1 is 1.16 bits per heavy atom. The Labute approximate surface area is 197 Å². The van der Waals surface area contributed by atoms with Gasteiger partial charge in [-0.3, -0.25) is 30.1 Å². The van der Waals surface area contributed by atoms with Crippen LogP contribution in [0.3, 0.4) is 0 Å². The molecule has 3 N–H and O–H groups in total. The van der Waals surface area contributed by atoms with Crippen LogP contribution >= 0.6 is 39.9 Å². The van der Waals surface area contributed by atoms with E-state index in [4.69, 9.17) is 12.2 Å². The molecule has 0 radical (unpaired) electrons. The molecular formula is C21H18BrN3O4S2. The molecule has 3 amide bonds. The number of halogens is 1. The molecule has 2 aromatic rings. The third-order valence-electron chi connectivity index (χ3n) is 4.27. The second-order valence-corrected chi connectivity index (χ2v) is 9.10. The average molecular weight is 520 g/mol. The summed E-state index contributed by atoms with van der Waals surface area (Å²) in [6.07, 6.45) is 2.24. The lowest BCUT2D eigenvalue weighted by Gasteiger charge is -2.14. The van der Waals surface area contributed by atoms with Crippen molar-refractivity contribution in [2.45, 2.75) is 12.8 Å². The number of phenolic OH excluding ortho intramolecular Hbond substituents is 1. The second kappa shape index (κ2) is 10.6. The molecule has 0 spiro atoms. The lowest BCUT2D eigenvalue weighted by Crippen LogP contribution is -2.42. The summed E-state index contributed by atoms with van der Waals surface area (Å²) in [7, 11) is 0. The van der Waals surface area contributed by atoms with Crippen molar-refractivity contribution in [2.24, 2.45) is 0 Å². The molecule has 3 rings (SSSR count). The summed E-state index contributed by atoms with van der Waals surface area (Å²) in [6.45, 7) is 0.293. The van der Waals surface area contributed by atoms with E-state index >= 15 is 0 Å². The number of benzene rings is 2. The van der Waals surface area contributed by atoms with Crippen LogP contribution in [-0.4, -0.2) is 38.6 Å². The lowest BCUT2D eigenvalue weighted by molar-refractivity contribution is -0.124. The number of nitrogens with zero attached hydrogens (tertiary/aromatic N) is 1. The molecule has 7 nitrogen and oxygen atoms in total. The van der Waals surface area contributed by atoms with Gasteiger partial charge in [0.05, 0.1) is 10.5 Å². The molecule has 1 saturated heterocycles. The van der Waals surface area contributed by atoms with Crippen LogP contribution in [0, 0.1) is 0 Å². The third kappa shape index (κ3) is 6.16. The molecule has 160 valence electrons. The molecule has 1 aliphatic rings. The number of carbonyl (C=O) groups is 3. The molecule has 1 fully saturated rings. The molecule has 0 saturated carbocycles. The van der Waals surface area contributed by atoms with Gasteiger partial charge in [0.15, 0.2) is 0 Å². The summed E-state index contributed by atoms with van der Waals surface area (Å²) in [5.41, 5.74) is 5.49. The zero-order chi connectivity index (χ0) is 22.4. The fraction of sp³-hybridized carbons (Fsp3) is 0.143. The Bertz CT molecular complexity index is 1070. The van der Waals surface area contributed by atoms with Crippen LogP contribution in [0.2, 0.25) is 0 Å². The number of hydrogen-bond donors (Lipinski definition) is 3. The van der Waals surface area contributed by atoms with Crippen molar-refractivity contribution >= 4 is 68.0 Å². The van der Waals surface area contributed by atoms with E-state index in [0.29, 0.717) is 22.2 Å². The summed E-state index contributed by atoms with van der Waals surface area (Å²) in [4.78, 5) is 38.6. The number of thiocarbonyl (C=S) groups is 1. The first-order valence-electron chi connectivity index (χ1n) is 9.23.